The average molecular weight is 299 g/mol. The highest BCUT2D eigenvalue weighted by Gasteiger charge is 2.53. The van der Waals surface area contributed by atoms with E-state index < -0.39 is 25.9 Å². The van der Waals surface area contributed by atoms with Gasteiger partial charge in [-0.1, -0.05) is 34.9 Å². The Labute approximate surface area is 120 Å². The second-order valence-electron chi connectivity index (χ2n) is 4.22. The first kappa shape index (κ1) is 16.8. The van der Waals surface area contributed by atoms with Gasteiger partial charge in [0.2, 0.25) is 0 Å². The third-order valence-corrected chi connectivity index (χ3v) is 3.82. The summed E-state index contributed by atoms with van der Waals surface area (Å²) in [5.74, 6) is -2.11. The molecule has 1 aromatic rings. The van der Waals surface area contributed by atoms with Crippen LogP contribution in [0.5, 0.6) is 0 Å². The molecule has 0 aliphatic rings. The van der Waals surface area contributed by atoms with Crippen LogP contribution in [0.25, 0.3) is 0 Å². The van der Waals surface area contributed by atoms with Gasteiger partial charge in [0.15, 0.2) is 5.92 Å². The summed E-state index contributed by atoms with van der Waals surface area (Å²) in [4.78, 5) is 11.6. The molecule has 0 aliphatic heterocycles. The number of hydrogen-bond donors (Lipinski definition) is 1. The highest BCUT2D eigenvalue weighted by molar-refractivity contribution is 7.25. The minimum absolute atomic E-state index is 0.200. The van der Waals surface area contributed by atoms with Gasteiger partial charge in [-0.05, 0) is 25.8 Å². The fourth-order valence-corrected chi connectivity index (χ4v) is 2.81. The van der Waals surface area contributed by atoms with E-state index in [4.69, 9.17) is 9.47 Å². The van der Waals surface area contributed by atoms with Gasteiger partial charge in [0.1, 0.15) is 0 Å². The van der Waals surface area contributed by atoms with E-state index >= 15 is 0 Å². The zero-order valence-electron chi connectivity index (χ0n) is 11.7. The van der Waals surface area contributed by atoms with Crippen molar-refractivity contribution in [3.63, 3.8) is 0 Å². The van der Waals surface area contributed by atoms with Gasteiger partial charge in [-0.25, -0.2) is 0 Å². The first-order valence-electron chi connectivity index (χ1n) is 6.53. The van der Waals surface area contributed by atoms with E-state index in [0.29, 0.717) is 0 Å². The van der Waals surface area contributed by atoms with Gasteiger partial charge in [-0.3, -0.25) is 4.79 Å². The summed E-state index contributed by atoms with van der Waals surface area (Å²) in [6.07, 6.45) is 0.200. The third kappa shape index (κ3) is 4.10. The monoisotopic (exact) mass is 299 g/mol. The van der Waals surface area contributed by atoms with Crippen molar-refractivity contribution < 1.29 is 23.9 Å². The number of rotatable bonds is 9. The molecular weight excluding hydrogens is 279 g/mol. The van der Waals surface area contributed by atoms with E-state index in [1.54, 1.807) is 13.8 Å². The molecule has 5 nitrogen and oxygen atoms in total. The highest BCUT2D eigenvalue weighted by Crippen LogP contribution is 2.37. The molecule has 0 aromatic heterocycles. The molecule has 2 atom stereocenters. The van der Waals surface area contributed by atoms with Crippen molar-refractivity contribution in [2.45, 2.75) is 25.8 Å². The lowest BCUT2D eigenvalue weighted by molar-refractivity contribution is -0.209. The molecule has 0 spiro atoms. The predicted octanol–water partition coefficient (Wildman–Crippen LogP) is 2.68. The van der Waals surface area contributed by atoms with Crippen LogP contribution in [0.2, 0.25) is 0 Å². The second-order valence-corrected chi connectivity index (χ2v) is 5.12. The average Bonchev–Trinajstić information content (AvgIpc) is 2.45. The van der Waals surface area contributed by atoms with Crippen LogP contribution in [0.3, 0.4) is 0 Å². The Kier molecular flexibility index (Phi) is 6.79. The Morgan fingerprint density at radius 3 is 2.20 bits per heavy atom. The number of hydrogen-bond acceptors (Lipinski definition) is 4. The fourth-order valence-electron chi connectivity index (χ4n) is 2.04. The smallest absolute Gasteiger partial charge is 0.392 e. The standard InChI is InChI=1S/C14H19O5P/c1-3-18-14(20-17,19-4-2)12(13(15)16)10-11-8-6-5-7-9-11/h5-9,12H,3-4,10H2,1-2H3,(H,15,16)/p+1. The van der Waals surface area contributed by atoms with Crippen molar-refractivity contribution >= 4 is 14.4 Å². The van der Waals surface area contributed by atoms with E-state index in [0.717, 1.165) is 5.56 Å². The van der Waals surface area contributed by atoms with Crippen LogP contribution >= 0.6 is 8.46 Å². The zero-order chi connectivity index (χ0) is 15.0. The summed E-state index contributed by atoms with van der Waals surface area (Å²) in [5, 5.41) is 9.46. The van der Waals surface area contributed by atoms with Crippen molar-refractivity contribution in [1.82, 2.24) is 0 Å². The summed E-state index contributed by atoms with van der Waals surface area (Å²) in [5.41, 5.74) is -0.757. The maximum Gasteiger partial charge on any atom is 0.392 e. The van der Waals surface area contributed by atoms with Gasteiger partial charge in [-0.2, -0.15) is 0 Å². The van der Waals surface area contributed by atoms with Gasteiger partial charge in [0.05, 0.1) is 13.2 Å². The molecule has 2 unspecified atom stereocenters. The molecule has 20 heavy (non-hydrogen) atoms. The van der Waals surface area contributed by atoms with E-state index in [9.17, 15) is 14.5 Å². The largest absolute Gasteiger partial charge is 0.481 e. The molecule has 110 valence electrons. The fraction of sp³-hybridized carbons (Fsp3) is 0.500. The van der Waals surface area contributed by atoms with Gasteiger partial charge < -0.3 is 14.6 Å². The number of carboxylic acid groups (broad SMARTS) is 1. The van der Waals surface area contributed by atoms with Crippen molar-refractivity contribution in [2.24, 2.45) is 5.92 Å². The Hall–Kier alpha value is -1.29. The molecule has 1 N–H and O–H groups in total. The number of benzene rings is 1. The van der Waals surface area contributed by atoms with Crippen molar-refractivity contribution in [3.05, 3.63) is 35.9 Å². The Balaban J connectivity index is 3.07. The summed E-state index contributed by atoms with van der Waals surface area (Å²) in [7, 11) is -1.02. The predicted molar refractivity (Wildman–Crippen MR) is 76.3 cm³/mol. The summed E-state index contributed by atoms with van der Waals surface area (Å²) < 4.78 is 22.4. The maximum absolute atomic E-state index is 11.6. The third-order valence-electron chi connectivity index (χ3n) is 2.90. The van der Waals surface area contributed by atoms with Crippen LogP contribution < -0.4 is 0 Å². The molecule has 0 amide bonds. The second kappa shape index (κ2) is 8.10. The lowest BCUT2D eigenvalue weighted by Crippen LogP contribution is -2.44. The first-order valence-corrected chi connectivity index (χ1v) is 7.44. The quantitative estimate of drug-likeness (QED) is 0.560. The summed E-state index contributed by atoms with van der Waals surface area (Å²) in [6, 6.07) is 9.17. The summed E-state index contributed by atoms with van der Waals surface area (Å²) in [6.45, 7) is 3.90. The Bertz CT molecular complexity index is 428. The first-order chi connectivity index (χ1) is 9.59. The molecule has 0 saturated carbocycles. The number of aliphatic carboxylic acids is 1. The molecule has 0 saturated heterocycles. The SMILES string of the molecule is CCOC(OCC)([PH+]=O)C(Cc1ccccc1)C(=O)O. The normalized spacial score (nSPS) is 13.3. The van der Waals surface area contributed by atoms with Gasteiger partial charge in [-0.15, -0.1) is 0 Å². The van der Waals surface area contributed by atoms with Gasteiger partial charge in [0.25, 0.3) is 0 Å². The van der Waals surface area contributed by atoms with E-state index in [-0.39, 0.29) is 19.6 Å². The van der Waals surface area contributed by atoms with Crippen LogP contribution in [0.15, 0.2) is 30.3 Å². The molecule has 0 bridgehead atoms. The minimum Gasteiger partial charge on any atom is -0.481 e. The molecule has 0 radical (unpaired) electrons. The topological polar surface area (TPSA) is 72.8 Å². The molecule has 6 heteroatoms. The van der Waals surface area contributed by atoms with Crippen molar-refractivity contribution in [1.29, 1.82) is 0 Å². The van der Waals surface area contributed by atoms with E-state index in [1.165, 1.54) is 0 Å². The van der Waals surface area contributed by atoms with Crippen molar-refractivity contribution in [3.8, 4) is 0 Å². The summed E-state index contributed by atoms with van der Waals surface area (Å²) >= 11 is 0. The zero-order valence-corrected chi connectivity index (χ0v) is 12.7. The minimum atomic E-state index is -1.59. The lowest BCUT2D eigenvalue weighted by Gasteiger charge is -2.26. The maximum atomic E-state index is 11.6. The van der Waals surface area contributed by atoms with Crippen LogP contribution in [-0.4, -0.2) is 29.8 Å². The van der Waals surface area contributed by atoms with E-state index in [1.807, 2.05) is 30.3 Å². The molecule has 0 heterocycles. The van der Waals surface area contributed by atoms with Gasteiger partial charge >= 0.3 is 20.0 Å². The number of ether oxygens (including phenoxy) is 2. The Morgan fingerprint density at radius 1 is 1.25 bits per heavy atom. The molecule has 1 aromatic carbocycles. The molecule has 0 fully saturated rings. The van der Waals surface area contributed by atoms with Crippen LogP contribution in [-0.2, 0) is 25.3 Å². The van der Waals surface area contributed by atoms with Crippen LogP contribution in [0.4, 0.5) is 0 Å². The van der Waals surface area contributed by atoms with E-state index in [2.05, 4.69) is 0 Å². The lowest BCUT2D eigenvalue weighted by atomic mass is 9.98. The van der Waals surface area contributed by atoms with Gasteiger partial charge in [0, 0.05) is 0 Å². The number of carboxylic acids is 1. The highest BCUT2D eigenvalue weighted by atomic mass is 31.1. The number of carbonyl (C=O) groups is 1. The molecule has 0 aliphatic carbocycles. The van der Waals surface area contributed by atoms with Crippen LogP contribution in [0.1, 0.15) is 19.4 Å². The van der Waals surface area contributed by atoms with Crippen LogP contribution in [0, 0.1) is 5.92 Å². The molecule has 1 rings (SSSR count). The van der Waals surface area contributed by atoms with Crippen molar-refractivity contribution in [2.75, 3.05) is 13.2 Å². The Morgan fingerprint density at radius 2 is 1.80 bits per heavy atom. The molecular formula is C14H20O5P+.